The molecule has 11 heteroatoms. The van der Waals surface area contributed by atoms with E-state index in [9.17, 15) is 13.2 Å². The summed E-state index contributed by atoms with van der Waals surface area (Å²) in [7, 11) is -3.50. The van der Waals surface area contributed by atoms with Crippen LogP contribution in [0.1, 0.15) is 0 Å². The van der Waals surface area contributed by atoms with Crippen molar-refractivity contribution in [2.45, 2.75) is 0 Å². The van der Waals surface area contributed by atoms with E-state index < -0.39 is 16.1 Å². The number of nitrogens with one attached hydrogen (secondary N) is 1. The number of urea groups is 1. The van der Waals surface area contributed by atoms with E-state index in [1.54, 1.807) is 12.1 Å². The van der Waals surface area contributed by atoms with Crippen LogP contribution in [0.3, 0.4) is 0 Å². The predicted octanol–water partition coefficient (Wildman–Crippen LogP) is 1.73. The van der Waals surface area contributed by atoms with Crippen molar-refractivity contribution in [3.63, 3.8) is 0 Å². The summed E-state index contributed by atoms with van der Waals surface area (Å²) >= 11 is 7.31. The molecule has 8 nitrogen and oxygen atoms in total. The molecule has 0 fully saturated rings. The van der Waals surface area contributed by atoms with Crippen molar-refractivity contribution in [1.29, 1.82) is 0 Å². The summed E-state index contributed by atoms with van der Waals surface area (Å²) in [4.78, 5) is 16.0. The first-order chi connectivity index (χ1) is 9.79. The molecule has 0 aromatic carbocycles. The first-order valence-corrected chi connectivity index (χ1v) is 8.49. The zero-order chi connectivity index (χ0) is 15.6. The van der Waals surface area contributed by atoms with Gasteiger partial charge in [0, 0.05) is 6.20 Å². The number of carbonyl (C=O) groups excluding carboxylic acids is 1. The maximum Gasteiger partial charge on any atom is 0.337 e. The van der Waals surface area contributed by atoms with Gasteiger partial charge in [-0.25, -0.2) is 22.5 Å². The standard InChI is InChI=1S/C10H10BrN5O3S2/c1-21(18,19)15-6-7(5-13-15)14-10(17)16(20)9-8(11)3-2-4-12-9/h2-6,20H,1H3,(H,14,17). The Balaban J connectivity index is 2.15. The molecule has 2 aromatic heterocycles. The van der Waals surface area contributed by atoms with Crippen LogP contribution in [0.2, 0.25) is 0 Å². The minimum atomic E-state index is -3.50. The molecule has 0 radical (unpaired) electrons. The number of nitrogens with zero attached hydrogens (tertiary/aromatic N) is 4. The van der Waals surface area contributed by atoms with Crippen LogP contribution in [0.15, 0.2) is 35.2 Å². The van der Waals surface area contributed by atoms with Crippen LogP contribution >= 0.6 is 28.7 Å². The van der Waals surface area contributed by atoms with E-state index >= 15 is 0 Å². The molecule has 0 unspecified atom stereocenters. The molecular formula is C10H10BrN5O3S2. The Kier molecular flexibility index (Phi) is 4.54. The summed E-state index contributed by atoms with van der Waals surface area (Å²) in [6, 6.07) is 2.80. The molecule has 112 valence electrons. The average molecular weight is 392 g/mol. The molecule has 0 saturated heterocycles. The molecule has 0 aliphatic heterocycles. The van der Waals surface area contributed by atoms with Crippen molar-refractivity contribution in [2.24, 2.45) is 0 Å². The van der Waals surface area contributed by atoms with Gasteiger partial charge in [0.1, 0.15) is 0 Å². The lowest BCUT2D eigenvalue weighted by Gasteiger charge is -2.15. The highest BCUT2D eigenvalue weighted by atomic mass is 79.9. The van der Waals surface area contributed by atoms with Gasteiger partial charge in [-0.3, -0.25) is 0 Å². The molecule has 0 bridgehead atoms. The fourth-order valence-corrected chi connectivity index (χ4v) is 2.66. The number of aromatic nitrogens is 3. The maximum absolute atomic E-state index is 12.0. The van der Waals surface area contributed by atoms with E-state index in [2.05, 4.69) is 44.1 Å². The van der Waals surface area contributed by atoms with Gasteiger partial charge < -0.3 is 5.32 Å². The number of halogens is 1. The Bertz CT molecular complexity index is 777. The van der Waals surface area contributed by atoms with Gasteiger partial charge >= 0.3 is 6.03 Å². The molecule has 2 heterocycles. The van der Waals surface area contributed by atoms with E-state index in [-0.39, 0.29) is 5.69 Å². The molecule has 0 atom stereocenters. The lowest BCUT2D eigenvalue weighted by atomic mass is 10.4. The summed E-state index contributed by atoms with van der Waals surface area (Å²) in [6.45, 7) is 0. The second-order valence-corrected chi connectivity index (χ2v) is 7.01. The Hall–Kier alpha value is -1.59. The van der Waals surface area contributed by atoms with Gasteiger partial charge in [0.15, 0.2) is 5.82 Å². The summed E-state index contributed by atoms with van der Waals surface area (Å²) < 4.78 is 24.9. The fourth-order valence-electron chi connectivity index (χ4n) is 1.36. The average Bonchev–Trinajstić information content (AvgIpc) is 2.87. The molecule has 0 aliphatic carbocycles. The Morgan fingerprint density at radius 1 is 1.52 bits per heavy atom. The van der Waals surface area contributed by atoms with Crippen molar-refractivity contribution in [1.82, 2.24) is 14.2 Å². The first kappa shape index (κ1) is 15.8. The zero-order valence-electron chi connectivity index (χ0n) is 10.6. The highest BCUT2D eigenvalue weighted by Crippen LogP contribution is 2.24. The second kappa shape index (κ2) is 6.03. The van der Waals surface area contributed by atoms with Crippen LogP contribution in [-0.4, -0.2) is 34.9 Å². The molecule has 2 aromatic rings. The first-order valence-electron chi connectivity index (χ1n) is 5.45. The number of carbonyl (C=O) groups is 1. The number of amides is 2. The van der Waals surface area contributed by atoms with Crippen molar-refractivity contribution < 1.29 is 13.2 Å². The summed E-state index contributed by atoms with van der Waals surface area (Å²) in [5, 5.41) is 6.10. The Labute approximate surface area is 134 Å². The van der Waals surface area contributed by atoms with Gasteiger partial charge in [0.25, 0.3) is 10.0 Å². The lowest BCUT2D eigenvalue weighted by Crippen LogP contribution is -2.27. The van der Waals surface area contributed by atoms with Crippen molar-refractivity contribution in [2.75, 3.05) is 15.9 Å². The Morgan fingerprint density at radius 3 is 2.81 bits per heavy atom. The zero-order valence-corrected chi connectivity index (χ0v) is 13.9. The minimum absolute atomic E-state index is 0.219. The smallest absolute Gasteiger partial charge is 0.304 e. The van der Waals surface area contributed by atoms with E-state index in [1.807, 2.05) is 0 Å². The molecule has 2 amide bonds. The number of pyridine rings is 1. The van der Waals surface area contributed by atoms with Crippen LogP contribution in [0.5, 0.6) is 0 Å². The number of hydrogen-bond donors (Lipinski definition) is 2. The van der Waals surface area contributed by atoms with E-state index in [1.165, 1.54) is 18.6 Å². The summed E-state index contributed by atoms with van der Waals surface area (Å²) in [5.41, 5.74) is 0.219. The summed E-state index contributed by atoms with van der Waals surface area (Å²) in [5.74, 6) is 0.300. The van der Waals surface area contributed by atoms with Gasteiger partial charge in [-0.2, -0.15) is 9.19 Å². The third-order valence-electron chi connectivity index (χ3n) is 2.28. The normalized spacial score (nSPS) is 11.2. The number of hydrogen-bond acceptors (Lipinski definition) is 6. The van der Waals surface area contributed by atoms with Gasteiger partial charge in [0.2, 0.25) is 0 Å². The van der Waals surface area contributed by atoms with Crippen LogP contribution in [0.4, 0.5) is 16.3 Å². The van der Waals surface area contributed by atoms with Crippen molar-refractivity contribution >= 4 is 56.3 Å². The largest absolute Gasteiger partial charge is 0.337 e. The van der Waals surface area contributed by atoms with Crippen LogP contribution in [-0.2, 0) is 10.0 Å². The van der Waals surface area contributed by atoms with E-state index in [0.29, 0.717) is 10.3 Å². The minimum Gasteiger partial charge on any atom is -0.304 e. The third-order valence-corrected chi connectivity index (χ3v) is 4.15. The van der Waals surface area contributed by atoms with Gasteiger partial charge in [-0.1, -0.05) is 12.8 Å². The highest BCUT2D eigenvalue weighted by Gasteiger charge is 2.17. The predicted molar refractivity (Wildman–Crippen MR) is 84.9 cm³/mol. The van der Waals surface area contributed by atoms with Crippen LogP contribution in [0, 0.1) is 0 Å². The molecule has 1 N–H and O–H groups in total. The monoisotopic (exact) mass is 391 g/mol. The molecule has 21 heavy (non-hydrogen) atoms. The highest BCUT2D eigenvalue weighted by molar-refractivity contribution is 9.10. The maximum atomic E-state index is 12.0. The molecule has 2 rings (SSSR count). The number of anilines is 2. The topological polar surface area (TPSA) is 97.2 Å². The quantitative estimate of drug-likeness (QED) is 0.776. The second-order valence-electron chi connectivity index (χ2n) is 3.92. The van der Waals surface area contributed by atoms with Crippen molar-refractivity contribution in [3.8, 4) is 0 Å². The van der Waals surface area contributed by atoms with Gasteiger partial charge in [-0.15, -0.1) is 0 Å². The Morgan fingerprint density at radius 2 is 2.24 bits per heavy atom. The fraction of sp³-hybridized carbons (Fsp3) is 0.100. The third kappa shape index (κ3) is 3.74. The number of rotatable bonds is 3. The summed E-state index contributed by atoms with van der Waals surface area (Å²) in [6.07, 6.45) is 4.91. The van der Waals surface area contributed by atoms with Crippen molar-refractivity contribution in [3.05, 3.63) is 35.2 Å². The molecule has 0 spiro atoms. The number of thiol groups is 1. The lowest BCUT2D eigenvalue weighted by molar-refractivity contribution is 0.260. The molecule has 0 aliphatic rings. The van der Waals surface area contributed by atoms with Gasteiger partial charge in [0.05, 0.1) is 28.8 Å². The van der Waals surface area contributed by atoms with E-state index in [0.717, 1.165) is 14.6 Å². The van der Waals surface area contributed by atoms with Crippen LogP contribution < -0.4 is 9.62 Å². The molecular weight excluding hydrogens is 382 g/mol. The van der Waals surface area contributed by atoms with Crippen LogP contribution in [0.25, 0.3) is 0 Å². The van der Waals surface area contributed by atoms with Gasteiger partial charge in [-0.05, 0) is 28.1 Å². The SMILES string of the molecule is CS(=O)(=O)n1cc(NC(=O)N(S)c2ncccc2Br)cn1. The molecule has 0 saturated carbocycles. The van der Waals surface area contributed by atoms with E-state index in [4.69, 9.17) is 0 Å².